The third-order valence-corrected chi connectivity index (χ3v) is 3.80. The van der Waals surface area contributed by atoms with Crippen LogP contribution in [-0.2, 0) is 17.6 Å². The first kappa shape index (κ1) is 15.6. The van der Waals surface area contributed by atoms with Gasteiger partial charge in [0.25, 0.3) is 0 Å². The van der Waals surface area contributed by atoms with Crippen LogP contribution in [0.4, 0.5) is 11.6 Å². The van der Waals surface area contributed by atoms with Crippen molar-refractivity contribution in [2.24, 2.45) is 5.84 Å². The molecule has 0 radical (unpaired) electrons. The van der Waals surface area contributed by atoms with E-state index in [1.165, 1.54) is 0 Å². The maximum absolute atomic E-state index is 5.54. The Kier molecular flexibility index (Phi) is 5.33. The van der Waals surface area contributed by atoms with Gasteiger partial charge in [-0.15, -0.1) is 0 Å². The maximum Gasteiger partial charge on any atom is 0.145 e. The molecule has 0 saturated carbocycles. The smallest absolute Gasteiger partial charge is 0.145 e. The predicted molar refractivity (Wildman–Crippen MR) is 89.1 cm³/mol. The van der Waals surface area contributed by atoms with E-state index in [1.807, 2.05) is 30.5 Å². The molecule has 7 nitrogen and oxygen atoms in total. The van der Waals surface area contributed by atoms with Gasteiger partial charge in [0.2, 0.25) is 0 Å². The molecule has 1 saturated heterocycles. The Hall–Kier alpha value is -2.25. The summed E-state index contributed by atoms with van der Waals surface area (Å²) in [5.41, 5.74) is 3.73. The number of nitrogen functional groups attached to an aromatic ring is 1. The van der Waals surface area contributed by atoms with Gasteiger partial charge in [-0.05, 0) is 25.0 Å². The second-order valence-corrected chi connectivity index (χ2v) is 5.45. The highest BCUT2D eigenvalue weighted by Gasteiger charge is 2.14. The van der Waals surface area contributed by atoms with Gasteiger partial charge in [0, 0.05) is 37.5 Å². The fourth-order valence-corrected chi connectivity index (χ4v) is 2.60. The normalized spacial score (nSPS) is 14.7. The molecule has 3 rings (SSSR count). The number of hydrazine groups is 1. The van der Waals surface area contributed by atoms with E-state index in [4.69, 9.17) is 10.6 Å². The Labute approximate surface area is 135 Å². The summed E-state index contributed by atoms with van der Waals surface area (Å²) in [6.45, 7) is 3.14. The molecule has 0 unspecified atom stereocenters. The Morgan fingerprint density at radius 1 is 1.17 bits per heavy atom. The fraction of sp³-hybridized carbons (Fsp3) is 0.438. The van der Waals surface area contributed by atoms with Crippen LogP contribution in [0.1, 0.15) is 17.9 Å². The van der Waals surface area contributed by atoms with E-state index in [9.17, 15) is 0 Å². The number of nitrogens with zero attached hydrogens (tertiary/aromatic N) is 4. The number of ether oxygens (including phenoxy) is 1. The van der Waals surface area contributed by atoms with Crippen molar-refractivity contribution in [3.63, 3.8) is 0 Å². The highest BCUT2D eigenvalue weighted by Crippen LogP contribution is 2.17. The standard InChI is InChI=1S/C16H22N6O/c17-21-15-12-16(22-8-10-23-11-9-22)20-14(19-15)6-3-5-13-4-1-2-7-18-13/h1-2,4,7,12H,3,5-6,8-11,17H2,(H,19,20,21). The molecule has 122 valence electrons. The van der Waals surface area contributed by atoms with Crippen LogP contribution >= 0.6 is 0 Å². The Bertz CT molecular complexity index is 615. The van der Waals surface area contributed by atoms with Crippen molar-refractivity contribution in [3.05, 3.63) is 42.0 Å². The molecule has 1 aliphatic heterocycles. The average molecular weight is 314 g/mol. The summed E-state index contributed by atoms with van der Waals surface area (Å²) >= 11 is 0. The molecule has 0 spiro atoms. The number of morpholine rings is 1. The van der Waals surface area contributed by atoms with Crippen LogP contribution in [-0.4, -0.2) is 41.3 Å². The third kappa shape index (κ3) is 4.37. The van der Waals surface area contributed by atoms with Crippen LogP contribution in [0.25, 0.3) is 0 Å². The van der Waals surface area contributed by atoms with Gasteiger partial charge in [-0.2, -0.15) is 0 Å². The first-order chi connectivity index (χ1) is 11.3. The van der Waals surface area contributed by atoms with Crippen molar-refractivity contribution in [1.29, 1.82) is 0 Å². The van der Waals surface area contributed by atoms with E-state index in [2.05, 4.69) is 25.3 Å². The second-order valence-electron chi connectivity index (χ2n) is 5.45. The van der Waals surface area contributed by atoms with Crippen LogP contribution in [0, 0.1) is 0 Å². The van der Waals surface area contributed by atoms with Gasteiger partial charge < -0.3 is 15.1 Å². The van der Waals surface area contributed by atoms with Gasteiger partial charge in [0.1, 0.15) is 17.5 Å². The highest BCUT2D eigenvalue weighted by atomic mass is 16.5. The van der Waals surface area contributed by atoms with Crippen molar-refractivity contribution in [2.75, 3.05) is 36.6 Å². The third-order valence-electron chi connectivity index (χ3n) is 3.80. The molecule has 3 heterocycles. The van der Waals surface area contributed by atoms with Crippen LogP contribution in [0.5, 0.6) is 0 Å². The lowest BCUT2D eigenvalue weighted by Gasteiger charge is -2.28. The van der Waals surface area contributed by atoms with E-state index in [0.717, 1.165) is 62.9 Å². The van der Waals surface area contributed by atoms with Crippen molar-refractivity contribution in [2.45, 2.75) is 19.3 Å². The van der Waals surface area contributed by atoms with Gasteiger partial charge in [0.05, 0.1) is 13.2 Å². The number of aryl methyl sites for hydroxylation is 2. The molecule has 2 aromatic rings. The molecular weight excluding hydrogens is 292 g/mol. The van der Waals surface area contributed by atoms with Crippen molar-refractivity contribution >= 4 is 11.6 Å². The molecular formula is C16H22N6O. The molecule has 0 bridgehead atoms. The zero-order valence-electron chi connectivity index (χ0n) is 13.1. The van der Waals surface area contributed by atoms with Crippen LogP contribution in [0.2, 0.25) is 0 Å². The minimum atomic E-state index is 0.648. The van der Waals surface area contributed by atoms with Crippen LogP contribution in [0.15, 0.2) is 30.5 Å². The minimum Gasteiger partial charge on any atom is -0.378 e. The number of pyridine rings is 1. The molecule has 0 amide bonds. The maximum atomic E-state index is 5.54. The van der Waals surface area contributed by atoms with Crippen LogP contribution < -0.4 is 16.2 Å². The number of nitrogens with two attached hydrogens (primary N) is 1. The van der Waals surface area contributed by atoms with Gasteiger partial charge in [0.15, 0.2) is 0 Å². The average Bonchev–Trinajstić information content (AvgIpc) is 2.63. The zero-order chi connectivity index (χ0) is 15.9. The summed E-state index contributed by atoms with van der Waals surface area (Å²) in [5.74, 6) is 7.90. The fourth-order valence-electron chi connectivity index (χ4n) is 2.60. The number of aromatic nitrogens is 3. The summed E-state index contributed by atoms with van der Waals surface area (Å²) < 4.78 is 5.39. The van der Waals surface area contributed by atoms with Gasteiger partial charge in [-0.25, -0.2) is 15.8 Å². The number of anilines is 2. The minimum absolute atomic E-state index is 0.648. The lowest BCUT2D eigenvalue weighted by molar-refractivity contribution is 0.122. The number of rotatable bonds is 6. The lowest BCUT2D eigenvalue weighted by Crippen LogP contribution is -2.37. The van der Waals surface area contributed by atoms with Crippen molar-refractivity contribution < 1.29 is 4.74 Å². The molecule has 0 aromatic carbocycles. The first-order valence-corrected chi connectivity index (χ1v) is 7.92. The molecule has 1 aliphatic rings. The van der Waals surface area contributed by atoms with Gasteiger partial charge in [-0.1, -0.05) is 6.07 Å². The van der Waals surface area contributed by atoms with Crippen molar-refractivity contribution in [3.8, 4) is 0 Å². The largest absolute Gasteiger partial charge is 0.378 e. The van der Waals surface area contributed by atoms with E-state index < -0.39 is 0 Å². The molecule has 1 fully saturated rings. The number of hydrogen-bond acceptors (Lipinski definition) is 7. The van der Waals surface area contributed by atoms with E-state index in [0.29, 0.717) is 5.82 Å². The zero-order valence-corrected chi connectivity index (χ0v) is 13.1. The van der Waals surface area contributed by atoms with E-state index in [1.54, 1.807) is 0 Å². The van der Waals surface area contributed by atoms with Gasteiger partial charge >= 0.3 is 0 Å². The quantitative estimate of drug-likeness (QED) is 0.611. The molecule has 2 aromatic heterocycles. The van der Waals surface area contributed by atoms with Crippen LogP contribution in [0.3, 0.4) is 0 Å². The molecule has 7 heteroatoms. The topological polar surface area (TPSA) is 89.2 Å². The SMILES string of the molecule is NNc1cc(N2CCOCC2)nc(CCCc2ccccn2)n1. The number of nitrogens with one attached hydrogen (secondary N) is 1. The molecule has 3 N–H and O–H groups in total. The number of hydrogen-bond donors (Lipinski definition) is 2. The molecule has 0 aliphatic carbocycles. The Balaban J connectivity index is 1.65. The summed E-state index contributed by atoms with van der Waals surface area (Å²) in [5, 5.41) is 0. The highest BCUT2D eigenvalue weighted by molar-refractivity contribution is 5.49. The predicted octanol–water partition coefficient (Wildman–Crippen LogP) is 1.17. The monoisotopic (exact) mass is 314 g/mol. The Morgan fingerprint density at radius 2 is 2.04 bits per heavy atom. The Morgan fingerprint density at radius 3 is 2.78 bits per heavy atom. The summed E-state index contributed by atoms with van der Waals surface area (Å²) in [6.07, 6.45) is 4.48. The first-order valence-electron chi connectivity index (χ1n) is 7.92. The van der Waals surface area contributed by atoms with E-state index >= 15 is 0 Å². The summed E-state index contributed by atoms with van der Waals surface area (Å²) in [4.78, 5) is 15.7. The second kappa shape index (κ2) is 7.85. The van der Waals surface area contributed by atoms with E-state index in [-0.39, 0.29) is 0 Å². The van der Waals surface area contributed by atoms with Gasteiger partial charge in [-0.3, -0.25) is 4.98 Å². The molecule has 0 atom stereocenters. The summed E-state index contributed by atoms with van der Waals surface area (Å²) in [6, 6.07) is 7.86. The molecule has 23 heavy (non-hydrogen) atoms. The lowest BCUT2D eigenvalue weighted by atomic mass is 10.1. The summed E-state index contributed by atoms with van der Waals surface area (Å²) in [7, 11) is 0. The van der Waals surface area contributed by atoms with Crippen molar-refractivity contribution in [1.82, 2.24) is 15.0 Å².